The molecule has 0 fully saturated rings. The average molecular weight is 393 g/mol. The van der Waals surface area contributed by atoms with Gasteiger partial charge in [-0.2, -0.15) is 0 Å². The number of rotatable bonds is 14. The smallest absolute Gasteiger partial charge is 0.253 e. The highest BCUT2D eigenvalue weighted by Crippen LogP contribution is 2.30. The van der Waals surface area contributed by atoms with Crippen molar-refractivity contribution in [2.45, 2.75) is 98.4 Å². The lowest BCUT2D eigenvalue weighted by molar-refractivity contribution is -0.140. The Morgan fingerprint density at radius 3 is 2.14 bits per heavy atom. The van der Waals surface area contributed by atoms with Gasteiger partial charge in [-0.25, -0.2) is 0 Å². The number of nitrogens with one attached hydrogen (secondary N) is 1. The number of nitrogens with zero attached hydrogens (tertiary/aromatic N) is 1. The number of imide groups is 1. The first-order valence-electron chi connectivity index (χ1n) is 11.1. The van der Waals surface area contributed by atoms with Gasteiger partial charge in [0.25, 0.3) is 11.8 Å². The van der Waals surface area contributed by atoms with Crippen molar-refractivity contribution < 1.29 is 14.4 Å². The molecule has 1 aliphatic heterocycles. The largest absolute Gasteiger partial charge is 0.355 e. The van der Waals surface area contributed by atoms with Crippen molar-refractivity contribution in [2.75, 3.05) is 6.54 Å². The van der Waals surface area contributed by atoms with Crippen molar-refractivity contribution in [1.29, 1.82) is 0 Å². The highest BCUT2D eigenvalue weighted by Gasteiger charge is 2.31. The van der Waals surface area contributed by atoms with Crippen LogP contribution in [-0.2, 0) is 14.4 Å². The molecule has 0 bridgehead atoms. The van der Waals surface area contributed by atoms with E-state index < -0.39 is 0 Å². The third-order valence-electron chi connectivity index (χ3n) is 5.88. The van der Waals surface area contributed by atoms with Gasteiger partial charge in [0.15, 0.2) is 0 Å². The Balaban J connectivity index is 2.52. The van der Waals surface area contributed by atoms with Gasteiger partial charge in [0, 0.05) is 30.7 Å². The summed E-state index contributed by atoms with van der Waals surface area (Å²) in [6, 6.07) is -0.281. The number of amides is 3. The summed E-state index contributed by atoms with van der Waals surface area (Å²) in [4.78, 5) is 37.5. The molecule has 5 nitrogen and oxygen atoms in total. The summed E-state index contributed by atoms with van der Waals surface area (Å²) < 4.78 is 0. The number of hydrogen-bond acceptors (Lipinski definition) is 3. The van der Waals surface area contributed by atoms with Gasteiger partial charge < -0.3 is 5.32 Å². The summed E-state index contributed by atoms with van der Waals surface area (Å²) in [7, 11) is 0. The van der Waals surface area contributed by atoms with E-state index in [1.807, 2.05) is 13.8 Å². The molecule has 0 saturated carbocycles. The molecule has 28 heavy (non-hydrogen) atoms. The molecule has 5 heteroatoms. The quantitative estimate of drug-likeness (QED) is 0.347. The minimum atomic E-state index is -0.288. The van der Waals surface area contributed by atoms with E-state index in [9.17, 15) is 14.4 Å². The van der Waals surface area contributed by atoms with Gasteiger partial charge in [-0.1, -0.05) is 66.2 Å². The van der Waals surface area contributed by atoms with Gasteiger partial charge in [-0.3, -0.25) is 19.3 Å². The molecule has 0 aromatic rings. The van der Waals surface area contributed by atoms with Crippen molar-refractivity contribution >= 4 is 17.7 Å². The second kappa shape index (κ2) is 12.0. The van der Waals surface area contributed by atoms with Gasteiger partial charge in [0.05, 0.1) is 0 Å². The second-order valence-corrected chi connectivity index (χ2v) is 8.81. The fourth-order valence-corrected chi connectivity index (χ4v) is 3.93. The SMILES string of the molecule is CCCCCCC(C)(CCCC)CNC(=O)C(C)CC(C)N1C(=O)C=CC1=O. The predicted molar refractivity (Wildman–Crippen MR) is 114 cm³/mol. The minimum Gasteiger partial charge on any atom is -0.355 e. The molecule has 0 aliphatic carbocycles. The number of unbranched alkanes of at least 4 members (excludes halogenated alkanes) is 4. The second-order valence-electron chi connectivity index (χ2n) is 8.81. The molecule has 1 aliphatic rings. The predicted octanol–water partition coefficient (Wildman–Crippen LogP) is 4.61. The lowest BCUT2D eigenvalue weighted by Crippen LogP contribution is -2.43. The van der Waals surface area contributed by atoms with E-state index in [1.54, 1.807) is 0 Å². The number of carbonyl (C=O) groups is 3. The average Bonchev–Trinajstić information content (AvgIpc) is 3.00. The summed E-state index contributed by atoms with van der Waals surface area (Å²) in [5, 5.41) is 3.15. The normalized spacial score (nSPS) is 18.2. The number of carbonyl (C=O) groups excluding carboxylic acids is 3. The molecular formula is C23H40N2O3. The van der Waals surface area contributed by atoms with Crippen LogP contribution in [0.4, 0.5) is 0 Å². The van der Waals surface area contributed by atoms with E-state index in [1.165, 1.54) is 55.6 Å². The molecule has 0 aromatic heterocycles. The highest BCUT2D eigenvalue weighted by atomic mass is 16.2. The Kier molecular flexibility index (Phi) is 10.5. The molecule has 0 aromatic carbocycles. The van der Waals surface area contributed by atoms with Crippen molar-refractivity contribution in [3.8, 4) is 0 Å². The first kappa shape index (κ1) is 24.4. The molecule has 3 amide bonds. The summed E-state index contributed by atoms with van der Waals surface area (Å²) in [6.45, 7) is 11.1. The fraction of sp³-hybridized carbons (Fsp3) is 0.783. The fourth-order valence-electron chi connectivity index (χ4n) is 3.93. The topological polar surface area (TPSA) is 66.5 Å². The first-order chi connectivity index (χ1) is 13.2. The Hall–Kier alpha value is -1.65. The maximum absolute atomic E-state index is 12.6. The van der Waals surface area contributed by atoms with Crippen LogP contribution in [0, 0.1) is 11.3 Å². The van der Waals surface area contributed by atoms with E-state index in [2.05, 4.69) is 26.1 Å². The Labute approximate surface area is 171 Å². The molecule has 160 valence electrons. The van der Waals surface area contributed by atoms with Crippen molar-refractivity contribution in [3.05, 3.63) is 12.2 Å². The van der Waals surface area contributed by atoms with Crippen LogP contribution in [0.25, 0.3) is 0 Å². The van der Waals surface area contributed by atoms with E-state index in [0.29, 0.717) is 13.0 Å². The van der Waals surface area contributed by atoms with Gasteiger partial charge in [-0.05, 0) is 31.6 Å². The molecular weight excluding hydrogens is 352 g/mol. The van der Waals surface area contributed by atoms with Crippen LogP contribution in [0.15, 0.2) is 12.2 Å². The van der Waals surface area contributed by atoms with Crippen molar-refractivity contribution in [3.63, 3.8) is 0 Å². The number of hydrogen-bond donors (Lipinski definition) is 1. The van der Waals surface area contributed by atoms with Crippen molar-refractivity contribution in [1.82, 2.24) is 10.2 Å². The van der Waals surface area contributed by atoms with E-state index in [-0.39, 0.29) is 35.1 Å². The van der Waals surface area contributed by atoms with Crippen LogP contribution >= 0.6 is 0 Å². The van der Waals surface area contributed by atoms with Crippen LogP contribution in [-0.4, -0.2) is 35.2 Å². The zero-order chi connectivity index (χ0) is 21.2. The summed E-state index contributed by atoms with van der Waals surface area (Å²) in [5.74, 6) is -0.810. The van der Waals surface area contributed by atoms with Crippen LogP contribution in [0.3, 0.4) is 0 Å². The Bertz CT molecular complexity index is 540. The summed E-state index contributed by atoms with van der Waals surface area (Å²) >= 11 is 0. The zero-order valence-corrected chi connectivity index (χ0v) is 18.6. The van der Waals surface area contributed by atoms with Crippen molar-refractivity contribution in [2.24, 2.45) is 11.3 Å². The standard InChI is InChI=1S/C23H40N2O3/c1-6-8-10-11-15-23(5,14-9-7-2)17-24-22(28)18(3)16-19(4)25-20(26)12-13-21(25)27/h12-13,18-19H,6-11,14-17H2,1-5H3,(H,24,28). The van der Waals surface area contributed by atoms with E-state index in [4.69, 9.17) is 0 Å². The lowest BCUT2D eigenvalue weighted by atomic mass is 9.79. The van der Waals surface area contributed by atoms with Gasteiger partial charge in [0.2, 0.25) is 5.91 Å². The van der Waals surface area contributed by atoms with Gasteiger partial charge >= 0.3 is 0 Å². The molecule has 0 spiro atoms. The van der Waals surface area contributed by atoms with Crippen LogP contribution in [0.5, 0.6) is 0 Å². The van der Waals surface area contributed by atoms with E-state index >= 15 is 0 Å². The van der Waals surface area contributed by atoms with Crippen LogP contribution in [0.1, 0.15) is 92.4 Å². The highest BCUT2D eigenvalue weighted by molar-refractivity contribution is 6.13. The van der Waals surface area contributed by atoms with Gasteiger partial charge in [-0.15, -0.1) is 0 Å². The molecule has 0 radical (unpaired) electrons. The third kappa shape index (κ3) is 7.76. The maximum atomic E-state index is 12.6. The lowest BCUT2D eigenvalue weighted by Gasteiger charge is -2.31. The first-order valence-corrected chi connectivity index (χ1v) is 11.1. The third-order valence-corrected chi connectivity index (χ3v) is 5.88. The maximum Gasteiger partial charge on any atom is 0.253 e. The molecule has 1 rings (SSSR count). The zero-order valence-electron chi connectivity index (χ0n) is 18.6. The van der Waals surface area contributed by atoms with Crippen LogP contribution in [0.2, 0.25) is 0 Å². The molecule has 3 unspecified atom stereocenters. The molecule has 3 atom stereocenters. The molecule has 1 heterocycles. The molecule has 0 saturated heterocycles. The summed E-state index contributed by atoms with van der Waals surface area (Å²) in [5.41, 5.74) is 0.134. The molecule has 1 N–H and O–H groups in total. The van der Waals surface area contributed by atoms with E-state index in [0.717, 1.165) is 12.8 Å². The van der Waals surface area contributed by atoms with Crippen LogP contribution < -0.4 is 5.32 Å². The Morgan fingerprint density at radius 2 is 1.57 bits per heavy atom. The minimum absolute atomic E-state index is 0.00943. The van der Waals surface area contributed by atoms with Gasteiger partial charge in [0.1, 0.15) is 0 Å². The Morgan fingerprint density at radius 1 is 1.00 bits per heavy atom. The monoisotopic (exact) mass is 392 g/mol. The summed E-state index contributed by atoms with van der Waals surface area (Å²) in [6.07, 6.45) is 12.6.